The number of thiazole rings is 1. The van der Waals surface area contributed by atoms with Gasteiger partial charge in [-0.15, -0.1) is 22.7 Å². The smallest absolute Gasteiger partial charge is 0.293 e. The van der Waals surface area contributed by atoms with Crippen LogP contribution in [0.3, 0.4) is 0 Å². The van der Waals surface area contributed by atoms with E-state index in [0.717, 1.165) is 19.7 Å². The van der Waals surface area contributed by atoms with Crippen molar-refractivity contribution in [1.82, 2.24) is 4.98 Å². The third-order valence-corrected chi connectivity index (χ3v) is 5.60. The highest BCUT2D eigenvalue weighted by atomic mass is 79.9. The lowest BCUT2D eigenvalue weighted by atomic mass is 10.2. The first kappa shape index (κ1) is 14.6. The zero-order valence-electron chi connectivity index (χ0n) is 11.6. The van der Waals surface area contributed by atoms with Gasteiger partial charge in [0.05, 0.1) is 14.4 Å². The maximum atomic E-state index is 12.3. The number of thiophene rings is 1. The van der Waals surface area contributed by atoms with Gasteiger partial charge in [0.15, 0.2) is 10.9 Å². The quantitative estimate of drug-likeness (QED) is 0.481. The van der Waals surface area contributed by atoms with Crippen molar-refractivity contribution in [2.24, 2.45) is 0 Å². The molecule has 114 valence electrons. The number of halogens is 1. The van der Waals surface area contributed by atoms with E-state index in [1.54, 1.807) is 17.4 Å². The molecule has 4 nitrogen and oxygen atoms in total. The van der Waals surface area contributed by atoms with Crippen LogP contribution < -0.4 is 5.32 Å². The molecule has 3 heterocycles. The largest absolute Gasteiger partial charge is 0.451 e. The van der Waals surface area contributed by atoms with E-state index in [4.69, 9.17) is 4.42 Å². The Kier molecular flexibility index (Phi) is 3.76. The molecule has 0 bridgehead atoms. The van der Waals surface area contributed by atoms with Crippen LogP contribution in [0.5, 0.6) is 0 Å². The highest BCUT2D eigenvalue weighted by molar-refractivity contribution is 9.11. The SMILES string of the molecule is O=C(Nc1nc(-c2ccc(Br)s2)cs1)c1cc2ccccc2o1. The molecule has 1 amide bonds. The van der Waals surface area contributed by atoms with Crippen molar-refractivity contribution in [2.75, 3.05) is 5.32 Å². The van der Waals surface area contributed by atoms with Gasteiger partial charge < -0.3 is 4.42 Å². The fourth-order valence-corrected chi connectivity index (χ4v) is 4.28. The van der Waals surface area contributed by atoms with Gasteiger partial charge in [-0.05, 0) is 40.2 Å². The molecule has 4 rings (SSSR count). The minimum Gasteiger partial charge on any atom is -0.451 e. The number of carbonyl (C=O) groups excluding carboxylic acids is 1. The topological polar surface area (TPSA) is 55.1 Å². The minimum absolute atomic E-state index is 0.279. The summed E-state index contributed by atoms with van der Waals surface area (Å²) in [6.45, 7) is 0. The molecule has 0 spiro atoms. The molecule has 7 heteroatoms. The number of fused-ring (bicyclic) bond motifs is 1. The number of anilines is 1. The summed E-state index contributed by atoms with van der Waals surface area (Å²) in [5.74, 6) is -0.0173. The van der Waals surface area contributed by atoms with Crippen LogP contribution in [0.4, 0.5) is 5.13 Å². The normalized spacial score (nSPS) is 11.0. The molecule has 1 aromatic carbocycles. The molecule has 1 N–H and O–H groups in total. The van der Waals surface area contributed by atoms with Gasteiger partial charge in [-0.2, -0.15) is 0 Å². The first-order valence-electron chi connectivity index (χ1n) is 6.70. The number of nitrogens with zero attached hydrogens (tertiary/aromatic N) is 1. The summed E-state index contributed by atoms with van der Waals surface area (Å²) >= 11 is 6.43. The van der Waals surface area contributed by atoms with Gasteiger partial charge in [0.25, 0.3) is 5.91 Å². The number of hydrogen-bond acceptors (Lipinski definition) is 5. The van der Waals surface area contributed by atoms with E-state index in [0.29, 0.717) is 10.7 Å². The molecule has 23 heavy (non-hydrogen) atoms. The molecule has 0 saturated carbocycles. The van der Waals surface area contributed by atoms with Gasteiger partial charge in [-0.1, -0.05) is 18.2 Å². The van der Waals surface area contributed by atoms with Crippen molar-refractivity contribution >= 4 is 60.6 Å². The molecule has 0 aliphatic rings. The van der Waals surface area contributed by atoms with E-state index >= 15 is 0 Å². The Morgan fingerprint density at radius 3 is 2.87 bits per heavy atom. The Bertz CT molecular complexity index is 969. The van der Waals surface area contributed by atoms with E-state index in [-0.39, 0.29) is 11.7 Å². The van der Waals surface area contributed by atoms with Gasteiger partial charge in [0.2, 0.25) is 0 Å². The summed E-state index contributed by atoms with van der Waals surface area (Å²) in [4.78, 5) is 17.8. The Labute approximate surface area is 147 Å². The van der Waals surface area contributed by atoms with Crippen molar-refractivity contribution in [3.63, 3.8) is 0 Å². The third kappa shape index (κ3) is 2.95. The number of nitrogens with one attached hydrogen (secondary N) is 1. The van der Waals surface area contributed by atoms with Crippen LogP contribution in [0, 0.1) is 0 Å². The summed E-state index contributed by atoms with van der Waals surface area (Å²) in [7, 11) is 0. The van der Waals surface area contributed by atoms with E-state index in [1.165, 1.54) is 11.3 Å². The van der Waals surface area contributed by atoms with Gasteiger partial charge in [-0.25, -0.2) is 4.98 Å². The van der Waals surface area contributed by atoms with Crippen LogP contribution in [0.2, 0.25) is 0 Å². The second-order valence-corrected chi connectivity index (χ2v) is 8.07. The molecule has 0 radical (unpaired) electrons. The number of para-hydroxylation sites is 1. The molecule has 0 aliphatic heterocycles. The number of amides is 1. The number of carbonyl (C=O) groups is 1. The van der Waals surface area contributed by atoms with Crippen LogP contribution in [0.15, 0.2) is 56.0 Å². The van der Waals surface area contributed by atoms with E-state index in [2.05, 4.69) is 26.2 Å². The Hall–Kier alpha value is -1.96. The number of aromatic nitrogens is 1. The Balaban J connectivity index is 1.55. The van der Waals surface area contributed by atoms with E-state index in [9.17, 15) is 4.79 Å². The van der Waals surface area contributed by atoms with Crippen LogP contribution in [-0.4, -0.2) is 10.9 Å². The predicted octanol–water partition coefficient (Wildman–Crippen LogP) is 5.63. The zero-order valence-corrected chi connectivity index (χ0v) is 14.8. The van der Waals surface area contributed by atoms with Crippen molar-refractivity contribution in [1.29, 1.82) is 0 Å². The van der Waals surface area contributed by atoms with Gasteiger partial charge in [-0.3, -0.25) is 10.1 Å². The van der Waals surface area contributed by atoms with Gasteiger partial charge in [0, 0.05) is 10.8 Å². The molecule has 3 aromatic heterocycles. The maximum absolute atomic E-state index is 12.3. The number of hydrogen-bond donors (Lipinski definition) is 1. The predicted molar refractivity (Wildman–Crippen MR) is 97.3 cm³/mol. The standard InChI is InChI=1S/C16H9BrN2O2S2/c17-14-6-5-13(23-14)10-8-22-16(18-10)19-15(20)12-7-9-3-1-2-4-11(9)21-12/h1-8H,(H,18,19,20). The molecule has 0 atom stereocenters. The van der Waals surface area contributed by atoms with Crippen LogP contribution in [0.25, 0.3) is 21.5 Å². The molecule has 0 aliphatic carbocycles. The molecule has 0 fully saturated rings. The highest BCUT2D eigenvalue weighted by Crippen LogP contribution is 2.33. The summed E-state index contributed by atoms with van der Waals surface area (Å²) in [6.07, 6.45) is 0. The van der Waals surface area contributed by atoms with E-state index < -0.39 is 0 Å². The second kappa shape index (κ2) is 5.92. The van der Waals surface area contributed by atoms with Gasteiger partial charge >= 0.3 is 0 Å². The second-order valence-electron chi connectivity index (χ2n) is 4.74. The van der Waals surface area contributed by atoms with Crippen LogP contribution in [-0.2, 0) is 0 Å². The first-order chi connectivity index (χ1) is 11.2. The number of furan rings is 1. The van der Waals surface area contributed by atoms with E-state index in [1.807, 2.05) is 41.8 Å². The summed E-state index contributed by atoms with van der Waals surface area (Å²) in [6, 6.07) is 13.2. The lowest BCUT2D eigenvalue weighted by Crippen LogP contribution is -2.10. The van der Waals surface area contributed by atoms with Crippen molar-refractivity contribution in [3.8, 4) is 10.6 Å². The minimum atomic E-state index is -0.297. The summed E-state index contributed by atoms with van der Waals surface area (Å²) in [5.41, 5.74) is 1.55. The first-order valence-corrected chi connectivity index (χ1v) is 9.19. The maximum Gasteiger partial charge on any atom is 0.293 e. The molecular formula is C16H9BrN2O2S2. The fraction of sp³-hybridized carbons (Fsp3) is 0. The Morgan fingerprint density at radius 2 is 2.09 bits per heavy atom. The monoisotopic (exact) mass is 404 g/mol. The molecule has 0 unspecified atom stereocenters. The van der Waals surface area contributed by atoms with Crippen molar-refractivity contribution in [2.45, 2.75) is 0 Å². The van der Waals surface area contributed by atoms with Crippen LogP contribution in [0.1, 0.15) is 10.6 Å². The molecular weight excluding hydrogens is 396 g/mol. The third-order valence-electron chi connectivity index (χ3n) is 3.20. The highest BCUT2D eigenvalue weighted by Gasteiger charge is 2.14. The number of rotatable bonds is 3. The lowest BCUT2D eigenvalue weighted by Gasteiger charge is -1.97. The lowest BCUT2D eigenvalue weighted by molar-refractivity contribution is 0.0998. The average molecular weight is 405 g/mol. The molecule has 0 saturated heterocycles. The molecule has 4 aromatic rings. The zero-order chi connectivity index (χ0) is 15.8. The average Bonchev–Trinajstić information content (AvgIpc) is 3.25. The number of benzene rings is 1. The van der Waals surface area contributed by atoms with Crippen molar-refractivity contribution < 1.29 is 9.21 Å². The summed E-state index contributed by atoms with van der Waals surface area (Å²) in [5, 5.41) is 6.16. The fourth-order valence-electron chi connectivity index (χ4n) is 2.15. The Morgan fingerprint density at radius 1 is 1.22 bits per heavy atom. The van der Waals surface area contributed by atoms with Gasteiger partial charge in [0.1, 0.15) is 5.58 Å². The van der Waals surface area contributed by atoms with Crippen molar-refractivity contribution in [3.05, 3.63) is 57.4 Å². The summed E-state index contributed by atoms with van der Waals surface area (Å²) < 4.78 is 6.61. The van der Waals surface area contributed by atoms with Crippen LogP contribution >= 0.6 is 38.6 Å².